The molecule has 42 heavy (non-hydrogen) atoms. The summed E-state index contributed by atoms with van der Waals surface area (Å²) >= 11 is 12.5. The number of halogens is 3. The van der Waals surface area contributed by atoms with Crippen LogP contribution in [0.1, 0.15) is 34.7 Å². The Morgan fingerprint density at radius 3 is 2.33 bits per heavy atom. The highest BCUT2D eigenvalue weighted by molar-refractivity contribution is 6.42. The molecule has 12 heteroatoms. The summed E-state index contributed by atoms with van der Waals surface area (Å²) in [6.45, 7) is 1.98. The van der Waals surface area contributed by atoms with E-state index in [0.29, 0.717) is 54.6 Å². The van der Waals surface area contributed by atoms with Crippen LogP contribution in [0.2, 0.25) is 10.0 Å². The maximum Gasteiger partial charge on any atom is 0.415 e. The Labute approximate surface area is 252 Å². The lowest BCUT2D eigenvalue weighted by Crippen LogP contribution is -2.45. The summed E-state index contributed by atoms with van der Waals surface area (Å²) in [6, 6.07) is 13.5. The van der Waals surface area contributed by atoms with Crippen LogP contribution in [0.5, 0.6) is 5.75 Å². The maximum atomic E-state index is 13.7. The van der Waals surface area contributed by atoms with E-state index in [0.717, 1.165) is 11.4 Å². The zero-order valence-electron chi connectivity index (χ0n) is 22.9. The molecule has 220 valence electrons. The van der Waals surface area contributed by atoms with Gasteiger partial charge in [-0.1, -0.05) is 29.3 Å². The number of nitrogens with two attached hydrogens (primary N) is 1. The van der Waals surface area contributed by atoms with Gasteiger partial charge in [-0.2, -0.15) is 0 Å². The third-order valence-corrected chi connectivity index (χ3v) is 8.72. The summed E-state index contributed by atoms with van der Waals surface area (Å²) in [7, 11) is 1.63. The normalized spacial score (nSPS) is 19.0. The molecule has 0 radical (unpaired) electrons. The van der Waals surface area contributed by atoms with Gasteiger partial charge in [0.15, 0.2) is 0 Å². The van der Waals surface area contributed by atoms with Crippen molar-refractivity contribution in [2.24, 2.45) is 11.7 Å². The average molecular weight is 615 g/mol. The fourth-order valence-electron chi connectivity index (χ4n) is 5.57. The molecule has 2 aliphatic rings. The van der Waals surface area contributed by atoms with Gasteiger partial charge >= 0.3 is 6.09 Å². The quantitative estimate of drug-likeness (QED) is 0.420. The number of likely N-dealkylation sites (N-methyl/N-ethyl adjacent to an activating group) is 1. The van der Waals surface area contributed by atoms with E-state index in [2.05, 4.69) is 9.88 Å². The second kappa shape index (κ2) is 12.5. The van der Waals surface area contributed by atoms with Crippen LogP contribution in [0.4, 0.5) is 15.0 Å². The topological polar surface area (TPSA) is 109 Å². The van der Waals surface area contributed by atoms with Crippen molar-refractivity contribution in [2.45, 2.75) is 24.8 Å². The minimum absolute atomic E-state index is 0.0274. The maximum absolute atomic E-state index is 13.7. The second-order valence-electron chi connectivity index (χ2n) is 10.6. The molecule has 2 N–H and O–H groups in total. The molecular formula is C30H30Cl2FN5O4. The Morgan fingerprint density at radius 1 is 1.00 bits per heavy atom. The van der Waals surface area contributed by atoms with Crippen LogP contribution < -0.4 is 15.4 Å². The number of benzene rings is 2. The van der Waals surface area contributed by atoms with Crippen LogP contribution in [0.15, 0.2) is 60.8 Å². The Hall–Kier alpha value is -3.89. The molecule has 2 aromatic carbocycles. The van der Waals surface area contributed by atoms with Gasteiger partial charge in [0.05, 0.1) is 21.7 Å². The van der Waals surface area contributed by atoms with Gasteiger partial charge in [-0.15, -0.1) is 0 Å². The minimum Gasteiger partial charge on any atom is -0.410 e. The van der Waals surface area contributed by atoms with Gasteiger partial charge in [0.2, 0.25) is 11.8 Å². The number of likely N-dealkylation sites (tertiary alicyclic amines) is 1. The van der Waals surface area contributed by atoms with Crippen molar-refractivity contribution in [1.29, 1.82) is 0 Å². The van der Waals surface area contributed by atoms with Gasteiger partial charge in [0.1, 0.15) is 17.4 Å². The monoisotopic (exact) mass is 613 g/mol. The van der Waals surface area contributed by atoms with Crippen LogP contribution in [0, 0.1) is 11.7 Å². The summed E-state index contributed by atoms with van der Waals surface area (Å²) < 4.78 is 18.8. The largest absolute Gasteiger partial charge is 0.415 e. The lowest BCUT2D eigenvalue weighted by Gasteiger charge is -2.34. The third kappa shape index (κ3) is 6.44. The van der Waals surface area contributed by atoms with Crippen molar-refractivity contribution in [3.05, 3.63) is 87.8 Å². The number of carbonyl (C=O) groups is 3. The van der Waals surface area contributed by atoms with Crippen molar-refractivity contribution < 1.29 is 23.5 Å². The first kappa shape index (κ1) is 29.6. The lowest BCUT2D eigenvalue weighted by molar-refractivity contribution is -0.135. The summed E-state index contributed by atoms with van der Waals surface area (Å²) in [5.74, 6) is -0.409. The van der Waals surface area contributed by atoms with Gasteiger partial charge < -0.3 is 25.2 Å². The number of piperidine rings is 1. The van der Waals surface area contributed by atoms with Crippen LogP contribution in [-0.4, -0.2) is 72.0 Å². The first-order valence-corrected chi connectivity index (χ1v) is 14.3. The van der Waals surface area contributed by atoms with E-state index in [1.54, 1.807) is 36.2 Å². The molecule has 0 bridgehead atoms. The molecular weight excluding hydrogens is 584 g/mol. The molecule has 0 spiro atoms. The zero-order chi connectivity index (χ0) is 30.0. The highest BCUT2D eigenvalue weighted by Gasteiger charge is 2.42. The van der Waals surface area contributed by atoms with E-state index < -0.39 is 23.9 Å². The Balaban J connectivity index is 1.28. The highest BCUT2D eigenvalue weighted by atomic mass is 35.5. The SMILES string of the molecule is CN(C(=O)Oc1ccc(F)cc1)C1CN(C(=O)C2CCN(c3ccc(C(N)=O)cn3)CC2)CC1c1ccc(Cl)c(Cl)c1. The van der Waals surface area contributed by atoms with Gasteiger partial charge in [0.25, 0.3) is 0 Å². The van der Waals surface area contributed by atoms with Crippen LogP contribution in [0.3, 0.4) is 0 Å². The number of nitrogens with zero attached hydrogens (tertiary/aromatic N) is 4. The van der Waals surface area contributed by atoms with E-state index in [-0.39, 0.29) is 23.5 Å². The second-order valence-corrected chi connectivity index (χ2v) is 11.4. The molecule has 2 unspecified atom stereocenters. The Morgan fingerprint density at radius 2 is 1.71 bits per heavy atom. The number of hydrogen-bond donors (Lipinski definition) is 1. The summed E-state index contributed by atoms with van der Waals surface area (Å²) in [5.41, 5.74) is 6.51. The van der Waals surface area contributed by atoms with E-state index in [9.17, 15) is 18.8 Å². The molecule has 0 aliphatic carbocycles. The van der Waals surface area contributed by atoms with E-state index >= 15 is 0 Å². The van der Waals surface area contributed by atoms with Gasteiger partial charge in [0, 0.05) is 51.3 Å². The predicted molar refractivity (Wildman–Crippen MR) is 157 cm³/mol. The number of ether oxygens (including phenoxy) is 1. The molecule has 2 fully saturated rings. The van der Waals surface area contributed by atoms with Crippen LogP contribution in [-0.2, 0) is 4.79 Å². The van der Waals surface area contributed by atoms with Crippen LogP contribution >= 0.6 is 23.2 Å². The van der Waals surface area contributed by atoms with Gasteiger partial charge in [-0.05, 0) is 66.9 Å². The number of aromatic nitrogens is 1. The molecule has 1 aromatic heterocycles. The fourth-order valence-corrected chi connectivity index (χ4v) is 5.88. The number of primary amides is 1. The number of amides is 3. The number of pyridine rings is 1. The van der Waals surface area contributed by atoms with Crippen molar-refractivity contribution in [3.8, 4) is 5.75 Å². The number of carbonyl (C=O) groups excluding carboxylic acids is 3. The average Bonchev–Trinajstić information content (AvgIpc) is 3.44. The molecule has 3 heterocycles. The molecule has 2 saturated heterocycles. The zero-order valence-corrected chi connectivity index (χ0v) is 24.4. The first-order chi connectivity index (χ1) is 20.1. The number of hydrogen-bond acceptors (Lipinski definition) is 6. The highest BCUT2D eigenvalue weighted by Crippen LogP contribution is 2.36. The van der Waals surface area contributed by atoms with Crippen molar-refractivity contribution in [2.75, 3.05) is 38.1 Å². The van der Waals surface area contributed by atoms with Gasteiger partial charge in [-0.25, -0.2) is 14.2 Å². The molecule has 5 rings (SSSR count). The van der Waals surface area contributed by atoms with Crippen molar-refractivity contribution in [1.82, 2.24) is 14.8 Å². The summed E-state index contributed by atoms with van der Waals surface area (Å²) in [4.78, 5) is 47.9. The minimum atomic E-state index is -0.617. The van der Waals surface area contributed by atoms with E-state index in [1.807, 2.05) is 6.07 Å². The van der Waals surface area contributed by atoms with Crippen molar-refractivity contribution in [3.63, 3.8) is 0 Å². The Kier molecular flexibility index (Phi) is 8.84. The predicted octanol–water partition coefficient (Wildman–Crippen LogP) is 4.97. The van der Waals surface area contributed by atoms with Crippen LogP contribution in [0.25, 0.3) is 0 Å². The van der Waals surface area contributed by atoms with E-state index in [4.69, 9.17) is 33.7 Å². The lowest BCUT2D eigenvalue weighted by atomic mass is 9.93. The molecule has 9 nitrogen and oxygen atoms in total. The molecule has 2 atom stereocenters. The fraction of sp³-hybridized carbons (Fsp3) is 0.333. The smallest absolute Gasteiger partial charge is 0.410 e. The summed E-state index contributed by atoms with van der Waals surface area (Å²) in [5, 5.41) is 0.802. The molecule has 3 amide bonds. The number of rotatable bonds is 6. The van der Waals surface area contributed by atoms with E-state index in [1.165, 1.54) is 35.4 Å². The first-order valence-electron chi connectivity index (χ1n) is 13.6. The molecule has 0 saturated carbocycles. The van der Waals surface area contributed by atoms with Gasteiger partial charge in [-0.3, -0.25) is 9.59 Å². The van der Waals surface area contributed by atoms with Crippen molar-refractivity contribution >= 4 is 46.9 Å². The third-order valence-electron chi connectivity index (χ3n) is 7.98. The molecule has 3 aromatic rings. The number of anilines is 1. The molecule has 2 aliphatic heterocycles. The Bertz CT molecular complexity index is 1470. The standard InChI is InChI=1S/C30H30Cl2FN5O4/c1-36(30(41)42-22-6-4-21(33)5-7-22)26-17-38(16-23(26)19-2-8-24(31)25(32)14-19)29(40)18-10-12-37(13-11-18)27-9-3-20(15-35-27)28(34)39/h2-9,14-15,18,23,26H,10-13,16-17H2,1H3,(H2,34,39). The summed E-state index contributed by atoms with van der Waals surface area (Å²) in [6.07, 6.45) is 2.12.